The van der Waals surface area contributed by atoms with E-state index < -0.39 is 28.7 Å². The second-order valence-electron chi connectivity index (χ2n) is 9.40. The zero-order valence-electron chi connectivity index (χ0n) is 21.4. The number of benzene rings is 2. The van der Waals surface area contributed by atoms with E-state index in [0.29, 0.717) is 33.9 Å². The SMILES string of the molecule is Cc1ncc(S(=O)(=O)N2CCCN(CCC(F)(F)F)C(c3cc(C=N)c(Nc4ccc(F)cc4)cc3C)C2)s1. The lowest BCUT2D eigenvalue weighted by Gasteiger charge is -2.33. The lowest BCUT2D eigenvalue weighted by molar-refractivity contribution is -0.139. The van der Waals surface area contributed by atoms with Gasteiger partial charge in [-0.05, 0) is 67.8 Å². The fourth-order valence-corrected chi connectivity index (χ4v) is 7.41. The van der Waals surface area contributed by atoms with Crippen molar-refractivity contribution in [3.05, 3.63) is 70.1 Å². The predicted octanol–water partition coefficient (Wildman–Crippen LogP) is 6.03. The molecule has 2 N–H and O–H groups in total. The summed E-state index contributed by atoms with van der Waals surface area (Å²) in [4.78, 5) is 5.74. The highest BCUT2D eigenvalue weighted by atomic mass is 32.2. The summed E-state index contributed by atoms with van der Waals surface area (Å²) in [6.45, 7) is 3.63. The van der Waals surface area contributed by atoms with Crippen LogP contribution in [0.3, 0.4) is 0 Å². The molecule has 1 saturated heterocycles. The molecule has 0 aliphatic carbocycles. The highest BCUT2D eigenvalue weighted by Gasteiger charge is 2.36. The molecule has 0 radical (unpaired) electrons. The van der Waals surface area contributed by atoms with Crippen molar-refractivity contribution in [3.63, 3.8) is 0 Å². The van der Waals surface area contributed by atoms with E-state index in [4.69, 9.17) is 5.41 Å². The normalized spacial score (nSPS) is 17.6. The summed E-state index contributed by atoms with van der Waals surface area (Å²) in [6, 6.07) is 8.54. The van der Waals surface area contributed by atoms with Crippen molar-refractivity contribution in [2.75, 3.05) is 31.5 Å². The molecule has 0 amide bonds. The van der Waals surface area contributed by atoms with Crippen LogP contribution in [0.15, 0.2) is 46.8 Å². The van der Waals surface area contributed by atoms with Crippen LogP contribution in [-0.4, -0.2) is 61.2 Å². The van der Waals surface area contributed by atoms with Crippen LogP contribution in [0, 0.1) is 25.1 Å². The standard InChI is InChI=1S/C26H29F4N5O2S2/c1-17-12-23(33-21-6-4-20(27)5-7-21)19(14-31)13-22(17)24-16-35(39(36,37)25-15-32-18(2)38-25)10-3-9-34(24)11-8-26(28,29)30/h4-7,12-15,24,31,33H,3,8-11,16H2,1-2H3. The van der Waals surface area contributed by atoms with E-state index in [1.807, 2.05) is 0 Å². The number of nitrogens with zero attached hydrogens (tertiary/aromatic N) is 3. The summed E-state index contributed by atoms with van der Waals surface area (Å²) >= 11 is 1.05. The Balaban J connectivity index is 1.72. The van der Waals surface area contributed by atoms with E-state index in [1.54, 1.807) is 43.0 Å². The first-order chi connectivity index (χ1) is 18.4. The van der Waals surface area contributed by atoms with Crippen LogP contribution in [0.4, 0.5) is 28.9 Å². The van der Waals surface area contributed by atoms with Gasteiger partial charge < -0.3 is 10.7 Å². The van der Waals surface area contributed by atoms with Crippen molar-refractivity contribution in [2.24, 2.45) is 0 Å². The number of halogens is 4. The van der Waals surface area contributed by atoms with Gasteiger partial charge in [-0.1, -0.05) is 0 Å². The van der Waals surface area contributed by atoms with Gasteiger partial charge in [-0.3, -0.25) is 4.90 Å². The van der Waals surface area contributed by atoms with Gasteiger partial charge in [-0.2, -0.15) is 17.5 Å². The molecule has 2 heterocycles. The Morgan fingerprint density at radius 2 is 1.90 bits per heavy atom. The van der Waals surface area contributed by atoms with Crippen LogP contribution in [0.1, 0.15) is 40.6 Å². The monoisotopic (exact) mass is 583 g/mol. The average Bonchev–Trinajstić information content (AvgIpc) is 3.20. The summed E-state index contributed by atoms with van der Waals surface area (Å²) in [5.74, 6) is -0.389. The summed E-state index contributed by atoms with van der Waals surface area (Å²) in [7, 11) is -3.90. The van der Waals surface area contributed by atoms with Crippen LogP contribution in [0.2, 0.25) is 0 Å². The summed E-state index contributed by atoms with van der Waals surface area (Å²) in [6.07, 6.45) is -2.58. The van der Waals surface area contributed by atoms with E-state index in [9.17, 15) is 26.0 Å². The second-order valence-corrected chi connectivity index (χ2v) is 12.8. The van der Waals surface area contributed by atoms with Gasteiger partial charge in [0.15, 0.2) is 4.21 Å². The lowest BCUT2D eigenvalue weighted by Crippen LogP contribution is -2.39. The minimum Gasteiger partial charge on any atom is -0.355 e. The molecular formula is C26H29F4N5O2S2. The third-order valence-corrected chi connectivity index (χ3v) is 9.84. The molecule has 3 aromatic rings. The molecule has 1 aliphatic rings. The minimum absolute atomic E-state index is 0.0415. The molecule has 39 heavy (non-hydrogen) atoms. The van der Waals surface area contributed by atoms with Crippen LogP contribution in [0.25, 0.3) is 0 Å². The van der Waals surface area contributed by atoms with Crippen molar-refractivity contribution in [2.45, 2.75) is 43.1 Å². The molecule has 1 aromatic heterocycles. The number of aryl methyl sites for hydroxylation is 2. The average molecular weight is 584 g/mol. The molecule has 4 rings (SSSR count). The van der Waals surface area contributed by atoms with Crippen LogP contribution in [0.5, 0.6) is 0 Å². The van der Waals surface area contributed by atoms with Crippen LogP contribution >= 0.6 is 11.3 Å². The number of hydrogen-bond donors (Lipinski definition) is 2. The van der Waals surface area contributed by atoms with Crippen molar-refractivity contribution in [1.82, 2.24) is 14.2 Å². The van der Waals surface area contributed by atoms with Crippen molar-refractivity contribution >= 4 is 38.9 Å². The quantitative estimate of drug-likeness (QED) is 0.250. The Bertz CT molecular complexity index is 1430. The Morgan fingerprint density at radius 1 is 1.18 bits per heavy atom. The maximum atomic E-state index is 13.5. The molecule has 1 fully saturated rings. The molecule has 0 bridgehead atoms. The molecule has 1 unspecified atom stereocenters. The van der Waals surface area contributed by atoms with E-state index in [1.165, 1.54) is 22.6 Å². The van der Waals surface area contributed by atoms with E-state index in [2.05, 4.69) is 10.3 Å². The molecule has 1 aliphatic heterocycles. The number of anilines is 2. The summed E-state index contributed by atoms with van der Waals surface area (Å²) in [5.41, 5.74) is 3.00. The highest BCUT2D eigenvalue weighted by molar-refractivity contribution is 7.91. The van der Waals surface area contributed by atoms with Gasteiger partial charge in [0, 0.05) is 55.4 Å². The Morgan fingerprint density at radius 3 is 2.51 bits per heavy atom. The fraction of sp³-hybridized carbons (Fsp3) is 0.385. The summed E-state index contributed by atoms with van der Waals surface area (Å²) < 4.78 is 81.3. The van der Waals surface area contributed by atoms with Gasteiger partial charge in [0.25, 0.3) is 10.0 Å². The van der Waals surface area contributed by atoms with Crippen molar-refractivity contribution in [3.8, 4) is 0 Å². The number of alkyl halides is 3. The van der Waals surface area contributed by atoms with Gasteiger partial charge >= 0.3 is 6.18 Å². The molecule has 0 saturated carbocycles. The largest absolute Gasteiger partial charge is 0.390 e. The van der Waals surface area contributed by atoms with Crippen LogP contribution < -0.4 is 5.32 Å². The first-order valence-electron chi connectivity index (χ1n) is 12.3. The minimum atomic E-state index is -4.36. The van der Waals surface area contributed by atoms with E-state index >= 15 is 0 Å². The second kappa shape index (κ2) is 11.7. The molecule has 1 atom stereocenters. The number of nitrogens with one attached hydrogen (secondary N) is 2. The number of hydrogen-bond acceptors (Lipinski definition) is 7. The van der Waals surface area contributed by atoms with Gasteiger partial charge in [0.1, 0.15) is 5.82 Å². The third-order valence-electron chi connectivity index (χ3n) is 6.62. The van der Waals surface area contributed by atoms with Gasteiger partial charge in [0.2, 0.25) is 0 Å². The molecule has 210 valence electrons. The predicted molar refractivity (Wildman–Crippen MR) is 144 cm³/mol. The Hall–Kier alpha value is -2.87. The number of rotatable bonds is 8. The zero-order chi connectivity index (χ0) is 28.4. The molecular weight excluding hydrogens is 554 g/mol. The molecule has 2 aromatic carbocycles. The third kappa shape index (κ3) is 7.02. The Labute approximate surface area is 229 Å². The van der Waals surface area contributed by atoms with Crippen LogP contribution in [-0.2, 0) is 10.0 Å². The molecule has 7 nitrogen and oxygen atoms in total. The van der Waals surface area contributed by atoms with E-state index in [0.717, 1.165) is 23.1 Å². The van der Waals surface area contributed by atoms with Crippen molar-refractivity contribution < 1.29 is 26.0 Å². The topological polar surface area (TPSA) is 89.4 Å². The molecule has 0 spiro atoms. The first-order valence-corrected chi connectivity index (χ1v) is 14.5. The highest BCUT2D eigenvalue weighted by Crippen LogP contribution is 2.35. The number of aromatic nitrogens is 1. The Kier molecular flexibility index (Phi) is 8.74. The number of sulfonamides is 1. The van der Waals surface area contributed by atoms with Gasteiger partial charge in [-0.15, -0.1) is 11.3 Å². The maximum absolute atomic E-state index is 13.5. The van der Waals surface area contributed by atoms with Crippen molar-refractivity contribution in [1.29, 1.82) is 5.41 Å². The van der Waals surface area contributed by atoms with E-state index in [-0.39, 0.29) is 36.2 Å². The maximum Gasteiger partial charge on any atom is 0.390 e. The molecule has 13 heteroatoms. The van der Waals surface area contributed by atoms with Gasteiger partial charge in [0.05, 0.1) is 17.6 Å². The zero-order valence-corrected chi connectivity index (χ0v) is 23.1. The summed E-state index contributed by atoms with van der Waals surface area (Å²) in [5, 5.41) is 11.7. The first kappa shape index (κ1) is 29.1. The van der Waals surface area contributed by atoms with Gasteiger partial charge in [-0.25, -0.2) is 17.8 Å². The number of thiazole rings is 1. The fourth-order valence-electron chi connectivity index (χ4n) is 4.66. The lowest BCUT2D eigenvalue weighted by atomic mass is 9.95. The smallest absolute Gasteiger partial charge is 0.355 e.